The number of rotatable bonds is 2. The van der Waals surface area contributed by atoms with Crippen LogP contribution in [0.2, 0.25) is 0 Å². The topological polar surface area (TPSA) is 33.2 Å². The molecule has 0 aliphatic carbocycles. The highest BCUT2D eigenvalue weighted by molar-refractivity contribution is 6.18. The van der Waals surface area contributed by atoms with Gasteiger partial charge in [0.1, 0.15) is 5.82 Å². The van der Waals surface area contributed by atoms with Gasteiger partial charge in [-0.25, -0.2) is 4.98 Å². The van der Waals surface area contributed by atoms with Crippen LogP contribution in [0.3, 0.4) is 0 Å². The Balaban J connectivity index is 2.17. The van der Waals surface area contributed by atoms with Crippen molar-refractivity contribution in [1.82, 2.24) is 4.98 Å². The second-order valence-corrected chi connectivity index (χ2v) is 3.73. The fourth-order valence-electron chi connectivity index (χ4n) is 1.62. The van der Waals surface area contributed by atoms with Gasteiger partial charge in [-0.05, 0) is 18.1 Å². The lowest BCUT2D eigenvalue weighted by atomic mass is 10.1. The quantitative estimate of drug-likeness (QED) is 0.696. The van der Waals surface area contributed by atoms with Crippen LogP contribution < -0.4 is 4.90 Å². The van der Waals surface area contributed by atoms with E-state index in [1.54, 1.807) is 11.1 Å². The molecule has 1 fully saturated rings. The van der Waals surface area contributed by atoms with Gasteiger partial charge in [-0.2, -0.15) is 0 Å². The maximum absolute atomic E-state index is 11.6. The Bertz CT molecular complexity index is 328. The molecule has 0 aromatic carbocycles. The molecular weight excluding hydrogens is 200 g/mol. The molecule has 0 N–H and O–H groups in total. The van der Waals surface area contributed by atoms with Crippen molar-refractivity contribution in [1.29, 1.82) is 0 Å². The van der Waals surface area contributed by atoms with Crippen LogP contribution in [0, 0.1) is 5.92 Å². The lowest BCUT2D eigenvalue weighted by Gasteiger charge is -2.14. The van der Waals surface area contributed by atoms with Gasteiger partial charge in [-0.3, -0.25) is 9.69 Å². The van der Waals surface area contributed by atoms with Crippen LogP contribution in [0.4, 0.5) is 5.82 Å². The van der Waals surface area contributed by atoms with E-state index in [1.807, 2.05) is 18.2 Å². The average Bonchev–Trinajstić information content (AvgIpc) is 2.61. The van der Waals surface area contributed by atoms with Crippen molar-refractivity contribution in [3.05, 3.63) is 24.4 Å². The molecule has 1 aromatic heterocycles. The summed E-state index contributed by atoms with van der Waals surface area (Å²) in [7, 11) is 0. The molecule has 3 nitrogen and oxygen atoms in total. The summed E-state index contributed by atoms with van der Waals surface area (Å²) in [6, 6.07) is 5.56. The summed E-state index contributed by atoms with van der Waals surface area (Å²) in [6.45, 7) is 0.694. The summed E-state index contributed by atoms with van der Waals surface area (Å²) in [6.07, 6.45) is 2.23. The Morgan fingerprint density at radius 3 is 3.00 bits per heavy atom. The molecule has 1 aromatic rings. The zero-order valence-electron chi connectivity index (χ0n) is 7.69. The molecule has 1 saturated heterocycles. The minimum atomic E-state index is 0.120. The van der Waals surface area contributed by atoms with Crippen molar-refractivity contribution in [2.45, 2.75) is 6.42 Å². The van der Waals surface area contributed by atoms with Gasteiger partial charge in [0.05, 0.1) is 0 Å². The summed E-state index contributed by atoms with van der Waals surface area (Å²) in [5.41, 5.74) is 0. The Morgan fingerprint density at radius 2 is 2.43 bits per heavy atom. The summed E-state index contributed by atoms with van der Waals surface area (Å²) in [4.78, 5) is 17.4. The third-order valence-corrected chi connectivity index (χ3v) is 2.79. The third-order valence-electron chi connectivity index (χ3n) is 2.35. The number of hydrogen-bond acceptors (Lipinski definition) is 2. The van der Waals surface area contributed by atoms with Crippen LogP contribution >= 0.6 is 11.6 Å². The SMILES string of the molecule is O=C1CC(CCl)CN1c1ccccn1. The second-order valence-electron chi connectivity index (χ2n) is 3.42. The number of hydrogen-bond donors (Lipinski definition) is 0. The standard InChI is InChI=1S/C10H11ClN2O/c11-6-8-5-10(14)13(7-8)9-3-1-2-4-12-9/h1-4,8H,5-7H2. The van der Waals surface area contributed by atoms with E-state index in [-0.39, 0.29) is 11.8 Å². The Morgan fingerprint density at radius 1 is 1.57 bits per heavy atom. The molecule has 2 rings (SSSR count). The minimum Gasteiger partial charge on any atom is -0.296 e. The van der Waals surface area contributed by atoms with Crippen molar-refractivity contribution in [2.75, 3.05) is 17.3 Å². The molecule has 0 radical (unpaired) electrons. The molecular formula is C10H11ClN2O. The number of carbonyl (C=O) groups excluding carboxylic acids is 1. The number of amides is 1. The molecule has 0 bridgehead atoms. The lowest BCUT2D eigenvalue weighted by molar-refractivity contribution is -0.117. The van der Waals surface area contributed by atoms with Crippen molar-refractivity contribution in [3.63, 3.8) is 0 Å². The summed E-state index contributed by atoms with van der Waals surface area (Å²) in [5.74, 6) is 1.65. The molecule has 1 aliphatic heterocycles. The molecule has 74 valence electrons. The van der Waals surface area contributed by atoms with Crippen LogP contribution in [-0.2, 0) is 4.79 Å². The molecule has 0 spiro atoms. The molecule has 1 atom stereocenters. The largest absolute Gasteiger partial charge is 0.296 e. The molecule has 2 heterocycles. The van der Waals surface area contributed by atoms with Crippen molar-refractivity contribution in [2.24, 2.45) is 5.92 Å². The van der Waals surface area contributed by atoms with E-state index in [0.717, 1.165) is 5.82 Å². The third kappa shape index (κ3) is 1.73. The Labute approximate surface area is 87.7 Å². The molecule has 1 amide bonds. The van der Waals surface area contributed by atoms with Gasteiger partial charge in [0.15, 0.2) is 0 Å². The Kier molecular flexibility index (Phi) is 2.68. The predicted molar refractivity (Wildman–Crippen MR) is 55.4 cm³/mol. The molecule has 0 saturated carbocycles. The molecule has 4 heteroatoms. The first kappa shape index (κ1) is 9.46. The van der Waals surface area contributed by atoms with E-state index < -0.39 is 0 Å². The predicted octanol–water partition coefficient (Wildman–Crippen LogP) is 1.67. The fraction of sp³-hybridized carbons (Fsp3) is 0.400. The monoisotopic (exact) mass is 210 g/mol. The van der Waals surface area contributed by atoms with Crippen LogP contribution in [0.1, 0.15) is 6.42 Å². The summed E-state index contributed by atoms with van der Waals surface area (Å²) >= 11 is 5.73. The number of aromatic nitrogens is 1. The van der Waals surface area contributed by atoms with Gasteiger partial charge in [-0.1, -0.05) is 6.07 Å². The number of carbonyl (C=O) groups is 1. The van der Waals surface area contributed by atoms with E-state index in [1.165, 1.54) is 0 Å². The highest BCUT2D eigenvalue weighted by atomic mass is 35.5. The minimum absolute atomic E-state index is 0.120. The maximum Gasteiger partial charge on any atom is 0.228 e. The van der Waals surface area contributed by atoms with Gasteiger partial charge < -0.3 is 0 Å². The fourth-order valence-corrected chi connectivity index (χ4v) is 1.83. The van der Waals surface area contributed by atoms with Crippen molar-refractivity contribution >= 4 is 23.3 Å². The van der Waals surface area contributed by atoms with Gasteiger partial charge in [-0.15, -0.1) is 11.6 Å². The average molecular weight is 211 g/mol. The highest BCUT2D eigenvalue weighted by Gasteiger charge is 2.30. The van der Waals surface area contributed by atoms with Gasteiger partial charge in [0, 0.05) is 25.0 Å². The lowest BCUT2D eigenvalue weighted by Crippen LogP contribution is -2.25. The Hall–Kier alpha value is -1.09. The number of halogens is 1. The van der Waals surface area contributed by atoms with Gasteiger partial charge >= 0.3 is 0 Å². The summed E-state index contributed by atoms with van der Waals surface area (Å²) in [5, 5.41) is 0. The van der Waals surface area contributed by atoms with Crippen LogP contribution in [-0.4, -0.2) is 23.3 Å². The molecule has 1 unspecified atom stereocenters. The van der Waals surface area contributed by atoms with E-state index in [2.05, 4.69) is 4.98 Å². The van der Waals surface area contributed by atoms with Crippen LogP contribution in [0.25, 0.3) is 0 Å². The van der Waals surface area contributed by atoms with Gasteiger partial charge in [0.25, 0.3) is 0 Å². The van der Waals surface area contributed by atoms with Crippen molar-refractivity contribution in [3.8, 4) is 0 Å². The van der Waals surface area contributed by atoms with Crippen LogP contribution in [0.5, 0.6) is 0 Å². The zero-order chi connectivity index (χ0) is 9.97. The van der Waals surface area contributed by atoms with E-state index in [4.69, 9.17) is 11.6 Å². The van der Waals surface area contributed by atoms with E-state index in [0.29, 0.717) is 18.8 Å². The first-order chi connectivity index (χ1) is 6.81. The summed E-state index contributed by atoms with van der Waals surface area (Å²) < 4.78 is 0. The highest BCUT2D eigenvalue weighted by Crippen LogP contribution is 2.23. The molecule has 1 aliphatic rings. The number of nitrogens with zero attached hydrogens (tertiary/aromatic N) is 2. The number of pyridine rings is 1. The smallest absolute Gasteiger partial charge is 0.228 e. The van der Waals surface area contributed by atoms with E-state index in [9.17, 15) is 4.79 Å². The first-order valence-electron chi connectivity index (χ1n) is 4.58. The normalized spacial score (nSPS) is 21.6. The van der Waals surface area contributed by atoms with Crippen molar-refractivity contribution < 1.29 is 4.79 Å². The molecule has 14 heavy (non-hydrogen) atoms. The van der Waals surface area contributed by atoms with Gasteiger partial charge in [0.2, 0.25) is 5.91 Å². The zero-order valence-corrected chi connectivity index (χ0v) is 8.44. The second kappa shape index (κ2) is 3.96. The number of anilines is 1. The van der Waals surface area contributed by atoms with E-state index >= 15 is 0 Å². The number of alkyl halides is 1. The van der Waals surface area contributed by atoms with Crippen LogP contribution in [0.15, 0.2) is 24.4 Å². The first-order valence-corrected chi connectivity index (χ1v) is 5.12. The maximum atomic E-state index is 11.6.